The number of rotatable bonds is 3. The molecule has 0 spiro atoms. The zero-order valence-electron chi connectivity index (χ0n) is 13.2. The first kappa shape index (κ1) is 14.8. The monoisotopic (exact) mass is 266 g/mol. The summed E-state index contributed by atoms with van der Waals surface area (Å²) in [5.74, 6) is 0.660. The third kappa shape index (κ3) is 3.13. The first-order valence-electron chi connectivity index (χ1n) is 7.68. The number of likely N-dealkylation sites (tertiary alicyclic amines) is 1. The molecule has 2 aliphatic rings. The Labute approximate surface area is 117 Å². The lowest BCUT2D eigenvalue weighted by atomic mass is 9.65. The molecule has 1 amide bonds. The molecule has 19 heavy (non-hydrogen) atoms. The SMILES string of the molecule is CC(C)CC(N)C(=O)N1CC2(C)CC1CC(C)(C)C2. The topological polar surface area (TPSA) is 46.3 Å². The minimum absolute atomic E-state index is 0.181. The second-order valence-corrected chi connectivity index (χ2v) is 8.42. The van der Waals surface area contributed by atoms with Crippen LogP contribution in [0.1, 0.15) is 60.3 Å². The summed E-state index contributed by atoms with van der Waals surface area (Å²) < 4.78 is 0. The molecule has 3 nitrogen and oxygen atoms in total. The highest BCUT2D eigenvalue weighted by molar-refractivity contribution is 5.82. The minimum atomic E-state index is -0.314. The van der Waals surface area contributed by atoms with E-state index >= 15 is 0 Å². The molecule has 2 N–H and O–H groups in total. The summed E-state index contributed by atoms with van der Waals surface area (Å²) in [6.45, 7) is 12.2. The van der Waals surface area contributed by atoms with Crippen LogP contribution in [0.3, 0.4) is 0 Å². The molecule has 2 bridgehead atoms. The molecule has 0 aromatic rings. The molecule has 1 heterocycles. The quantitative estimate of drug-likeness (QED) is 0.854. The standard InChI is InChI=1S/C16H30N2O/c1-11(2)6-13(17)14(19)18-10-16(5)8-12(18)7-15(3,4)9-16/h11-13H,6-10,17H2,1-5H3. The molecule has 0 aromatic heterocycles. The predicted molar refractivity (Wildman–Crippen MR) is 78.7 cm³/mol. The van der Waals surface area contributed by atoms with Crippen molar-refractivity contribution < 1.29 is 4.79 Å². The number of nitrogens with two attached hydrogens (primary N) is 1. The van der Waals surface area contributed by atoms with Gasteiger partial charge in [0.25, 0.3) is 0 Å². The number of nitrogens with zero attached hydrogens (tertiary/aromatic N) is 1. The first-order valence-corrected chi connectivity index (χ1v) is 7.68. The second kappa shape index (κ2) is 4.76. The van der Waals surface area contributed by atoms with Crippen molar-refractivity contribution in [3.63, 3.8) is 0 Å². The van der Waals surface area contributed by atoms with E-state index in [4.69, 9.17) is 5.73 Å². The number of carbonyl (C=O) groups is 1. The maximum atomic E-state index is 12.6. The molecule has 0 aromatic carbocycles. The summed E-state index contributed by atoms with van der Waals surface area (Å²) >= 11 is 0. The molecule has 3 atom stereocenters. The van der Waals surface area contributed by atoms with E-state index in [1.54, 1.807) is 0 Å². The Morgan fingerprint density at radius 3 is 2.53 bits per heavy atom. The molecule has 2 fully saturated rings. The fraction of sp³-hybridized carbons (Fsp3) is 0.938. The van der Waals surface area contributed by atoms with Crippen LogP contribution in [0.25, 0.3) is 0 Å². The molecule has 1 aliphatic heterocycles. The smallest absolute Gasteiger partial charge is 0.239 e. The lowest BCUT2D eigenvalue weighted by molar-refractivity contribution is -0.134. The largest absolute Gasteiger partial charge is 0.338 e. The molecule has 3 unspecified atom stereocenters. The van der Waals surface area contributed by atoms with Gasteiger partial charge in [0.05, 0.1) is 6.04 Å². The summed E-state index contributed by atoms with van der Waals surface area (Å²) in [5, 5.41) is 0. The van der Waals surface area contributed by atoms with Crippen molar-refractivity contribution in [1.82, 2.24) is 4.90 Å². The number of hydrogen-bond donors (Lipinski definition) is 1. The van der Waals surface area contributed by atoms with Crippen LogP contribution in [0.2, 0.25) is 0 Å². The van der Waals surface area contributed by atoms with Crippen molar-refractivity contribution in [2.24, 2.45) is 22.5 Å². The van der Waals surface area contributed by atoms with Crippen molar-refractivity contribution >= 4 is 5.91 Å². The average Bonchev–Trinajstić information content (AvgIpc) is 2.45. The summed E-state index contributed by atoms with van der Waals surface area (Å²) in [5.41, 5.74) is 6.76. The van der Waals surface area contributed by atoms with Crippen LogP contribution in [0.15, 0.2) is 0 Å². The van der Waals surface area contributed by atoms with Crippen molar-refractivity contribution in [1.29, 1.82) is 0 Å². The van der Waals surface area contributed by atoms with Crippen molar-refractivity contribution in [2.45, 2.75) is 72.4 Å². The minimum Gasteiger partial charge on any atom is -0.338 e. The van der Waals surface area contributed by atoms with Crippen LogP contribution < -0.4 is 5.73 Å². The summed E-state index contributed by atoms with van der Waals surface area (Å²) in [7, 11) is 0. The zero-order chi connectivity index (χ0) is 14.4. The molecule has 1 aliphatic carbocycles. The Hall–Kier alpha value is -0.570. The first-order chi connectivity index (χ1) is 8.62. The van der Waals surface area contributed by atoms with E-state index in [0.29, 0.717) is 22.8 Å². The van der Waals surface area contributed by atoms with Gasteiger partial charge in [-0.15, -0.1) is 0 Å². The Morgan fingerprint density at radius 2 is 1.95 bits per heavy atom. The van der Waals surface area contributed by atoms with Crippen LogP contribution in [0.5, 0.6) is 0 Å². The van der Waals surface area contributed by atoms with Crippen molar-refractivity contribution in [2.75, 3.05) is 6.54 Å². The van der Waals surface area contributed by atoms with Crippen molar-refractivity contribution in [3.05, 3.63) is 0 Å². The lowest BCUT2D eigenvalue weighted by Crippen LogP contribution is -2.47. The van der Waals surface area contributed by atoms with Gasteiger partial charge >= 0.3 is 0 Å². The van der Waals surface area contributed by atoms with Crippen molar-refractivity contribution in [3.8, 4) is 0 Å². The third-order valence-electron chi connectivity index (χ3n) is 4.74. The van der Waals surface area contributed by atoms with Gasteiger partial charge in [0.2, 0.25) is 5.91 Å². The van der Waals surface area contributed by atoms with Crippen LogP contribution in [-0.2, 0) is 4.79 Å². The molecule has 110 valence electrons. The van der Waals surface area contributed by atoms with Gasteiger partial charge in [-0.25, -0.2) is 0 Å². The Morgan fingerprint density at radius 1 is 1.32 bits per heavy atom. The Balaban J connectivity index is 2.09. The zero-order valence-corrected chi connectivity index (χ0v) is 13.2. The molecule has 0 radical (unpaired) electrons. The number of carbonyl (C=O) groups excluding carboxylic acids is 1. The highest BCUT2D eigenvalue weighted by atomic mass is 16.2. The van der Waals surface area contributed by atoms with Gasteiger partial charge in [0.15, 0.2) is 0 Å². The third-order valence-corrected chi connectivity index (χ3v) is 4.74. The van der Waals surface area contributed by atoms with Crippen LogP contribution in [-0.4, -0.2) is 29.4 Å². The predicted octanol–water partition coefficient (Wildman–Crippen LogP) is 2.79. The van der Waals surface area contributed by atoms with Crippen LogP contribution >= 0.6 is 0 Å². The van der Waals surface area contributed by atoms with E-state index in [0.717, 1.165) is 25.8 Å². The Kier molecular flexibility index (Phi) is 3.72. The van der Waals surface area contributed by atoms with Crippen LogP contribution in [0.4, 0.5) is 0 Å². The molecule has 1 saturated carbocycles. The van der Waals surface area contributed by atoms with E-state index in [1.165, 1.54) is 6.42 Å². The normalized spacial score (nSPS) is 34.7. The summed E-state index contributed by atoms with van der Waals surface area (Å²) in [4.78, 5) is 14.7. The average molecular weight is 266 g/mol. The maximum absolute atomic E-state index is 12.6. The maximum Gasteiger partial charge on any atom is 0.239 e. The Bertz CT molecular complexity index is 364. The van der Waals surface area contributed by atoms with Gasteiger partial charge in [-0.3, -0.25) is 4.79 Å². The summed E-state index contributed by atoms with van der Waals surface area (Å²) in [6, 6.07) is 0.102. The van der Waals surface area contributed by atoms with Gasteiger partial charge in [-0.1, -0.05) is 34.6 Å². The highest BCUT2D eigenvalue weighted by Gasteiger charge is 2.51. The van der Waals surface area contributed by atoms with Gasteiger partial charge in [0.1, 0.15) is 0 Å². The molecular weight excluding hydrogens is 236 g/mol. The van der Waals surface area contributed by atoms with E-state index in [2.05, 4.69) is 39.5 Å². The fourth-order valence-corrected chi connectivity index (χ4v) is 4.54. The van der Waals surface area contributed by atoms with E-state index in [1.807, 2.05) is 0 Å². The number of fused-ring (bicyclic) bond motifs is 2. The van der Waals surface area contributed by atoms with E-state index < -0.39 is 0 Å². The molecule has 2 rings (SSSR count). The second-order valence-electron chi connectivity index (χ2n) is 8.42. The number of hydrogen-bond acceptors (Lipinski definition) is 2. The molecule has 1 saturated heterocycles. The van der Waals surface area contributed by atoms with E-state index in [-0.39, 0.29) is 11.9 Å². The van der Waals surface area contributed by atoms with Crippen LogP contribution in [0, 0.1) is 16.7 Å². The lowest BCUT2D eigenvalue weighted by Gasteiger charge is -2.39. The summed E-state index contributed by atoms with van der Waals surface area (Å²) in [6.07, 6.45) is 4.31. The van der Waals surface area contributed by atoms with Gasteiger partial charge in [0, 0.05) is 12.6 Å². The highest BCUT2D eigenvalue weighted by Crippen LogP contribution is 2.52. The van der Waals surface area contributed by atoms with E-state index in [9.17, 15) is 4.79 Å². The van der Waals surface area contributed by atoms with Gasteiger partial charge < -0.3 is 10.6 Å². The van der Waals surface area contributed by atoms with Gasteiger partial charge in [-0.2, -0.15) is 0 Å². The molecular formula is C16H30N2O. The fourth-order valence-electron chi connectivity index (χ4n) is 4.54. The number of amides is 1. The van der Waals surface area contributed by atoms with Gasteiger partial charge in [-0.05, 0) is 42.4 Å². The molecule has 3 heteroatoms.